The van der Waals surface area contributed by atoms with Gasteiger partial charge in [0.1, 0.15) is 5.52 Å². The standard InChI is InChI=1S/C30H21F5N4O3/c1-16(18-4-6-19(7-5-18)29(41)42)36-28(40)23-13-21(20-8-11-24(31)25(32)14-20)15-39-27(23)26(37-38-39)12-17-2-9-22(10-3-17)30(33,34)35/h2-11,13-16H,12H2,1H3,(H,36,40)(H,41,42)/t16-/m0/s1. The van der Waals surface area contributed by atoms with Crippen LogP contribution in [0.5, 0.6) is 0 Å². The van der Waals surface area contributed by atoms with Gasteiger partial charge in [-0.05, 0) is 66.1 Å². The SMILES string of the molecule is C[C@H](NC(=O)c1cc(-c2ccc(F)c(F)c2)cn2nnc(Cc3ccc(C(F)(F)F)cc3)c12)c1ccc(C(=O)O)cc1. The first-order chi connectivity index (χ1) is 19.9. The average molecular weight is 581 g/mol. The van der Waals surface area contributed by atoms with Crippen LogP contribution in [0.4, 0.5) is 22.0 Å². The van der Waals surface area contributed by atoms with Crippen molar-refractivity contribution in [3.63, 3.8) is 0 Å². The fourth-order valence-corrected chi connectivity index (χ4v) is 4.49. The number of nitrogens with one attached hydrogen (secondary N) is 1. The summed E-state index contributed by atoms with van der Waals surface area (Å²) in [5.74, 6) is -3.79. The van der Waals surface area contributed by atoms with E-state index in [0.29, 0.717) is 22.4 Å². The third-order valence-electron chi connectivity index (χ3n) is 6.74. The molecule has 12 heteroatoms. The number of carbonyl (C=O) groups excluding carboxylic acids is 1. The molecule has 214 valence electrons. The van der Waals surface area contributed by atoms with E-state index in [-0.39, 0.29) is 28.6 Å². The van der Waals surface area contributed by atoms with Crippen molar-refractivity contribution in [1.82, 2.24) is 20.1 Å². The normalized spacial score (nSPS) is 12.3. The Bertz CT molecular complexity index is 1800. The Kier molecular flexibility index (Phi) is 7.46. The van der Waals surface area contributed by atoms with Gasteiger partial charge in [-0.1, -0.05) is 35.5 Å². The van der Waals surface area contributed by atoms with E-state index >= 15 is 0 Å². The lowest BCUT2D eigenvalue weighted by Crippen LogP contribution is -2.27. The van der Waals surface area contributed by atoms with Gasteiger partial charge in [-0.25, -0.2) is 18.1 Å². The second-order valence-corrected chi connectivity index (χ2v) is 9.59. The molecule has 0 aliphatic rings. The first-order valence-corrected chi connectivity index (χ1v) is 12.5. The number of amides is 1. The minimum Gasteiger partial charge on any atom is -0.478 e. The quantitative estimate of drug-likeness (QED) is 0.215. The third-order valence-corrected chi connectivity index (χ3v) is 6.74. The van der Waals surface area contributed by atoms with Crippen LogP contribution in [-0.2, 0) is 12.6 Å². The van der Waals surface area contributed by atoms with Crippen molar-refractivity contribution in [2.45, 2.75) is 25.6 Å². The largest absolute Gasteiger partial charge is 0.478 e. The van der Waals surface area contributed by atoms with Crippen LogP contribution < -0.4 is 5.32 Å². The van der Waals surface area contributed by atoms with Crippen molar-refractivity contribution in [2.75, 3.05) is 0 Å². The van der Waals surface area contributed by atoms with Crippen LogP contribution in [-0.4, -0.2) is 31.8 Å². The van der Waals surface area contributed by atoms with Crippen molar-refractivity contribution >= 4 is 17.4 Å². The molecule has 0 radical (unpaired) electrons. The molecule has 0 spiro atoms. The van der Waals surface area contributed by atoms with Gasteiger partial charge in [0.25, 0.3) is 5.91 Å². The van der Waals surface area contributed by atoms with Crippen LogP contribution in [0.2, 0.25) is 0 Å². The molecule has 2 aromatic heterocycles. The number of hydrogen-bond donors (Lipinski definition) is 2. The second-order valence-electron chi connectivity index (χ2n) is 9.59. The highest BCUT2D eigenvalue weighted by Gasteiger charge is 2.30. The molecule has 1 amide bonds. The zero-order valence-electron chi connectivity index (χ0n) is 21.8. The van der Waals surface area contributed by atoms with E-state index in [1.54, 1.807) is 19.1 Å². The highest BCUT2D eigenvalue weighted by molar-refractivity contribution is 6.02. The summed E-state index contributed by atoms with van der Waals surface area (Å²) in [6, 6.07) is 14.7. The molecule has 2 N–H and O–H groups in total. The topological polar surface area (TPSA) is 96.6 Å². The van der Waals surface area contributed by atoms with Gasteiger partial charge in [0.2, 0.25) is 0 Å². The number of nitrogens with zero attached hydrogens (tertiary/aromatic N) is 3. The fourth-order valence-electron chi connectivity index (χ4n) is 4.49. The number of carboxylic acid groups (broad SMARTS) is 1. The minimum atomic E-state index is -4.49. The number of halogens is 5. The molecular weight excluding hydrogens is 559 g/mol. The summed E-state index contributed by atoms with van der Waals surface area (Å²) in [4.78, 5) is 24.8. The van der Waals surface area contributed by atoms with Crippen LogP contribution in [0, 0.1) is 11.6 Å². The summed E-state index contributed by atoms with van der Waals surface area (Å²) in [7, 11) is 0. The lowest BCUT2D eigenvalue weighted by molar-refractivity contribution is -0.137. The summed E-state index contributed by atoms with van der Waals surface area (Å²) in [6.45, 7) is 1.70. The highest BCUT2D eigenvalue weighted by atomic mass is 19.4. The van der Waals surface area contributed by atoms with E-state index in [2.05, 4.69) is 15.6 Å². The van der Waals surface area contributed by atoms with Gasteiger partial charge >= 0.3 is 12.1 Å². The Labute approximate surface area is 235 Å². The number of aromatic nitrogens is 3. The molecule has 0 bridgehead atoms. The van der Waals surface area contributed by atoms with Crippen molar-refractivity contribution in [2.24, 2.45) is 0 Å². The molecule has 7 nitrogen and oxygen atoms in total. The zero-order valence-corrected chi connectivity index (χ0v) is 21.8. The highest BCUT2D eigenvalue weighted by Crippen LogP contribution is 2.30. The van der Waals surface area contributed by atoms with E-state index in [1.807, 2.05) is 0 Å². The predicted molar refractivity (Wildman–Crippen MR) is 142 cm³/mol. The maximum atomic E-state index is 14.0. The summed E-state index contributed by atoms with van der Waals surface area (Å²) in [6.07, 6.45) is -2.96. The average Bonchev–Trinajstić information content (AvgIpc) is 3.36. The Balaban J connectivity index is 1.54. The molecule has 3 aromatic carbocycles. The molecule has 5 aromatic rings. The summed E-state index contributed by atoms with van der Waals surface area (Å²) < 4.78 is 68.0. The van der Waals surface area contributed by atoms with E-state index in [9.17, 15) is 31.5 Å². The minimum absolute atomic E-state index is 0.0542. The van der Waals surface area contributed by atoms with E-state index in [1.165, 1.54) is 47.1 Å². The molecule has 0 fully saturated rings. The molecule has 0 saturated carbocycles. The van der Waals surface area contributed by atoms with Crippen molar-refractivity contribution in [3.05, 3.63) is 124 Å². The molecule has 42 heavy (non-hydrogen) atoms. The first kappa shape index (κ1) is 28.4. The smallest absolute Gasteiger partial charge is 0.416 e. The van der Waals surface area contributed by atoms with Crippen LogP contribution >= 0.6 is 0 Å². The second kappa shape index (κ2) is 11.0. The number of pyridine rings is 1. The van der Waals surface area contributed by atoms with Gasteiger partial charge < -0.3 is 10.4 Å². The van der Waals surface area contributed by atoms with Crippen LogP contribution in [0.15, 0.2) is 79.0 Å². The predicted octanol–water partition coefficient (Wildman–Crippen LogP) is 6.47. The number of carbonyl (C=O) groups is 2. The molecule has 2 heterocycles. The number of aromatic carboxylic acids is 1. The Morgan fingerprint density at radius 3 is 2.24 bits per heavy atom. The maximum Gasteiger partial charge on any atom is 0.416 e. The van der Waals surface area contributed by atoms with Crippen LogP contribution in [0.3, 0.4) is 0 Å². The number of alkyl halides is 3. The van der Waals surface area contributed by atoms with Crippen molar-refractivity contribution < 1.29 is 36.6 Å². The van der Waals surface area contributed by atoms with E-state index in [4.69, 9.17) is 5.11 Å². The van der Waals surface area contributed by atoms with Crippen molar-refractivity contribution in [1.29, 1.82) is 0 Å². The van der Waals surface area contributed by atoms with Crippen LogP contribution in [0.25, 0.3) is 16.6 Å². The number of hydrogen-bond acceptors (Lipinski definition) is 4. The maximum absolute atomic E-state index is 14.0. The lowest BCUT2D eigenvalue weighted by Gasteiger charge is -2.16. The molecular formula is C30H21F5N4O3. The Morgan fingerprint density at radius 2 is 1.62 bits per heavy atom. The molecule has 0 aliphatic heterocycles. The number of carboxylic acids is 1. The number of fused-ring (bicyclic) bond motifs is 1. The number of rotatable bonds is 7. The van der Waals surface area contributed by atoms with Crippen LogP contribution in [0.1, 0.15) is 56.1 Å². The molecule has 0 saturated heterocycles. The molecule has 0 unspecified atom stereocenters. The summed E-state index contributed by atoms with van der Waals surface area (Å²) in [5.41, 5.74) is 1.64. The van der Waals surface area contributed by atoms with Gasteiger partial charge in [0.15, 0.2) is 11.6 Å². The van der Waals surface area contributed by atoms with Gasteiger partial charge in [-0.2, -0.15) is 13.2 Å². The van der Waals surface area contributed by atoms with Gasteiger partial charge in [-0.15, -0.1) is 5.10 Å². The zero-order chi connectivity index (χ0) is 30.2. The number of benzene rings is 3. The summed E-state index contributed by atoms with van der Waals surface area (Å²) >= 11 is 0. The molecule has 0 aliphatic carbocycles. The Morgan fingerprint density at radius 1 is 0.929 bits per heavy atom. The lowest BCUT2D eigenvalue weighted by atomic mass is 10.0. The Hall–Kier alpha value is -5.13. The third kappa shape index (κ3) is 5.82. The van der Waals surface area contributed by atoms with Gasteiger partial charge in [0, 0.05) is 18.2 Å². The van der Waals surface area contributed by atoms with Gasteiger partial charge in [-0.3, -0.25) is 4.79 Å². The van der Waals surface area contributed by atoms with Gasteiger partial charge in [0.05, 0.1) is 28.4 Å². The first-order valence-electron chi connectivity index (χ1n) is 12.5. The molecule has 1 atom stereocenters. The fraction of sp³-hybridized carbons (Fsp3) is 0.133. The van der Waals surface area contributed by atoms with E-state index < -0.39 is 41.3 Å². The molecule has 5 rings (SSSR count). The summed E-state index contributed by atoms with van der Waals surface area (Å²) in [5, 5.41) is 20.2. The monoisotopic (exact) mass is 580 g/mol. The van der Waals surface area contributed by atoms with E-state index in [0.717, 1.165) is 24.3 Å². The van der Waals surface area contributed by atoms with Crippen molar-refractivity contribution in [3.8, 4) is 11.1 Å².